The van der Waals surface area contributed by atoms with Crippen molar-refractivity contribution in [3.63, 3.8) is 0 Å². The molecule has 1 N–H and O–H groups in total. The van der Waals surface area contributed by atoms with Crippen LogP contribution in [0.1, 0.15) is 18.1 Å². The minimum absolute atomic E-state index is 0.511. The number of nitrogens with zero attached hydrogens (tertiary/aromatic N) is 1. The van der Waals surface area contributed by atoms with Gasteiger partial charge in [0.25, 0.3) is 0 Å². The van der Waals surface area contributed by atoms with E-state index < -0.39 is 16.5 Å². The number of rotatable bonds is 3. The predicted octanol–water partition coefficient (Wildman–Crippen LogP) is 4.24. The highest BCUT2D eigenvalue weighted by atomic mass is 32.2. The molecular weight excluding hydrogens is 306 g/mol. The van der Waals surface area contributed by atoms with Gasteiger partial charge in [-0.25, -0.2) is 9.79 Å². The molecule has 1 unspecified atom stereocenters. The van der Waals surface area contributed by atoms with Gasteiger partial charge in [0.2, 0.25) is 0 Å². The summed E-state index contributed by atoms with van der Waals surface area (Å²) in [7, 11) is -0.515. The Hall–Kier alpha value is -2.46. The summed E-state index contributed by atoms with van der Waals surface area (Å²) < 4.78 is 0. The Morgan fingerprint density at radius 1 is 1.09 bits per heavy atom. The minimum atomic E-state index is -0.830. The van der Waals surface area contributed by atoms with Crippen molar-refractivity contribution in [2.24, 2.45) is 4.99 Å². The van der Waals surface area contributed by atoms with Crippen molar-refractivity contribution in [2.45, 2.75) is 12.7 Å². The molecule has 0 fully saturated rings. The van der Waals surface area contributed by atoms with Gasteiger partial charge in [-0.15, -0.1) is 10.5 Å². The Kier molecular flexibility index (Phi) is 3.27. The lowest BCUT2D eigenvalue weighted by Gasteiger charge is -2.08. The van der Waals surface area contributed by atoms with Crippen LogP contribution in [0.2, 0.25) is 0 Å². The van der Waals surface area contributed by atoms with Crippen LogP contribution in [0.3, 0.4) is 0 Å². The number of benzene rings is 2. The fourth-order valence-electron chi connectivity index (χ4n) is 3.15. The van der Waals surface area contributed by atoms with Gasteiger partial charge in [-0.3, -0.25) is 0 Å². The number of aliphatic imine (C=N–C) groups is 1. The average molecular weight is 321 g/mol. The second-order valence-electron chi connectivity index (χ2n) is 5.59. The predicted molar refractivity (Wildman–Crippen MR) is 96.5 cm³/mol. The van der Waals surface area contributed by atoms with Crippen molar-refractivity contribution < 1.29 is 9.90 Å². The lowest BCUT2D eigenvalue weighted by molar-refractivity contribution is -0.129. The van der Waals surface area contributed by atoms with Gasteiger partial charge in [0.05, 0.1) is 10.6 Å². The molecule has 114 valence electrons. The highest BCUT2D eigenvalue weighted by molar-refractivity contribution is 8.30. The van der Waals surface area contributed by atoms with Crippen LogP contribution in [0.4, 0.5) is 5.69 Å². The standard InChI is InChI=1S/C19H15NO2S/c1-12-16-14-9-5-6-10-15(14)20-18(16)23(17(12)19(21)22)11-13-7-3-2-4-8-13/h2-10H,11H2,1H3,(H,21,22). The van der Waals surface area contributed by atoms with Crippen molar-refractivity contribution in [2.75, 3.05) is 0 Å². The molecule has 2 aliphatic heterocycles. The van der Waals surface area contributed by atoms with E-state index in [0.717, 1.165) is 33.0 Å². The van der Waals surface area contributed by atoms with E-state index in [-0.39, 0.29) is 0 Å². The van der Waals surface area contributed by atoms with Crippen LogP contribution < -0.4 is 0 Å². The quantitative estimate of drug-likeness (QED) is 0.860. The van der Waals surface area contributed by atoms with E-state index in [2.05, 4.69) is 0 Å². The molecule has 0 spiro atoms. The summed E-state index contributed by atoms with van der Waals surface area (Å²) in [6.45, 7) is 1.91. The van der Waals surface area contributed by atoms with Gasteiger partial charge in [-0.2, -0.15) is 0 Å². The van der Waals surface area contributed by atoms with Gasteiger partial charge in [-0.05, 0) is 24.1 Å². The van der Waals surface area contributed by atoms with Crippen molar-refractivity contribution >= 4 is 37.6 Å². The Labute approximate surface area is 136 Å². The van der Waals surface area contributed by atoms with Crippen LogP contribution in [-0.2, 0) is 10.5 Å². The van der Waals surface area contributed by atoms with Crippen molar-refractivity contribution in [3.8, 4) is 0 Å². The van der Waals surface area contributed by atoms with E-state index >= 15 is 0 Å². The molecule has 4 rings (SSSR count). The van der Waals surface area contributed by atoms with Crippen molar-refractivity contribution in [3.05, 3.63) is 71.3 Å². The number of hydrogen-bond acceptors (Lipinski definition) is 2. The lowest BCUT2D eigenvalue weighted by Crippen LogP contribution is -2.13. The first-order valence-corrected chi connectivity index (χ1v) is 8.81. The van der Waals surface area contributed by atoms with Crippen LogP contribution in [0.15, 0.2) is 65.2 Å². The molecule has 2 aromatic rings. The molecule has 3 nitrogen and oxygen atoms in total. The third-order valence-electron chi connectivity index (χ3n) is 4.15. The molecule has 0 saturated heterocycles. The first kappa shape index (κ1) is 14.2. The maximum absolute atomic E-state index is 11.8. The maximum atomic E-state index is 11.8. The summed E-state index contributed by atoms with van der Waals surface area (Å²) in [5.41, 5.74) is 5.04. The number of carboxylic acids is 1. The zero-order chi connectivity index (χ0) is 16.0. The number of para-hydroxylation sites is 1. The Morgan fingerprint density at radius 3 is 2.52 bits per heavy atom. The summed E-state index contributed by atoms with van der Waals surface area (Å²) >= 11 is 0. The number of aliphatic carboxylic acids is 1. The molecule has 23 heavy (non-hydrogen) atoms. The minimum Gasteiger partial charge on any atom is -0.477 e. The van der Waals surface area contributed by atoms with Gasteiger partial charge >= 0.3 is 5.97 Å². The Bertz CT molecular complexity index is 923. The van der Waals surface area contributed by atoms with E-state index in [1.165, 1.54) is 0 Å². The summed E-state index contributed by atoms with van der Waals surface area (Å²) in [6, 6.07) is 18.0. The zero-order valence-corrected chi connectivity index (χ0v) is 13.4. The summed E-state index contributed by atoms with van der Waals surface area (Å²) in [5, 5.41) is 10.7. The van der Waals surface area contributed by atoms with Crippen LogP contribution in [0, 0.1) is 0 Å². The molecule has 0 aliphatic carbocycles. The molecule has 2 aromatic carbocycles. The van der Waals surface area contributed by atoms with Crippen LogP contribution in [0.25, 0.3) is 5.57 Å². The van der Waals surface area contributed by atoms with Crippen LogP contribution in [0.5, 0.6) is 0 Å². The van der Waals surface area contributed by atoms with Gasteiger partial charge in [0.15, 0.2) is 0 Å². The first-order valence-electron chi connectivity index (χ1n) is 7.41. The Morgan fingerprint density at radius 2 is 1.78 bits per heavy atom. The largest absolute Gasteiger partial charge is 0.477 e. The molecular formula is C19H15NO2S. The normalized spacial score (nSPS) is 18.7. The fourth-order valence-corrected chi connectivity index (χ4v) is 5.55. The lowest BCUT2D eigenvalue weighted by atomic mass is 10.0. The SMILES string of the molecule is CC1=C2C(=Nc3ccccc32)S(Cc2ccccc2)=C1C(=O)O. The van der Waals surface area contributed by atoms with Gasteiger partial charge in [0, 0.05) is 16.9 Å². The molecule has 0 aromatic heterocycles. The van der Waals surface area contributed by atoms with E-state index in [1.54, 1.807) is 0 Å². The highest BCUT2D eigenvalue weighted by Crippen LogP contribution is 2.49. The average Bonchev–Trinajstić information content (AvgIpc) is 3.05. The highest BCUT2D eigenvalue weighted by Gasteiger charge is 2.35. The molecule has 4 heteroatoms. The van der Waals surface area contributed by atoms with E-state index in [0.29, 0.717) is 10.6 Å². The molecule has 0 radical (unpaired) electrons. The van der Waals surface area contributed by atoms with E-state index in [4.69, 9.17) is 4.99 Å². The summed E-state index contributed by atoms with van der Waals surface area (Å²) in [5.74, 6) is -0.139. The maximum Gasteiger partial charge on any atom is 0.342 e. The molecule has 0 amide bonds. The molecule has 2 heterocycles. The van der Waals surface area contributed by atoms with Crippen molar-refractivity contribution in [1.29, 1.82) is 0 Å². The molecule has 1 atom stereocenters. The smallest absolute Gasteiger partial charge is 0.342 e. The Balaban J connectivity index is 1.87. The van der Waals surface area contributed by atoms with Crippen molar-refractivity contribution in [1.82, 2.24) is 0 Å². The van der Waals surface area contributed by atoms with Gasteiger partial charge in [0.1, 0.15) is 5.04 Å². The molecule has 0 bridgehead atoms. The zero-order valence-electron chi connectivity index (χ0n) is 12.6. The number of fused-ring (bicyclic) bond motifs is 3. The number of carbonyl (C=O) groups is 1. The van der Waals surface area contributed by atoms with Gasteiger partial charge in [-0.1, -0.05) is 48.5 Å². The summed E-state index contributed by atoms with van der Waals surface area (Å²) in [4.78, 5) is 17.1. The second kappa shape index (κ2) is 5.32. The molecule has 2 aliphatic rings. The van der Waals surface area contributed by atoms with Gasteiger partial charge < -0.3 is 5.11 Å². The van der Waals surface area contributed by atoms with E-state index in [1.807, 2.05) is 61.5 Å². The number of carboxylic acid groups (broad SMARTS) is 1. The topological polar surface area (TPSA) is 49.7 Å². The third kappa shape index (κ3) is 2.18. The van der Waals surface area contributed by atoms with E-state index in [9.17, 15) is 9.90 Å². The summed E-state index contributed by atoms with van der Waals surface area (Å²) in [6.07, 6.45) is 0. The number of hydrogen-bond donors (Lipinski definition) is 1. The fraction of sp³-hybridized carbons (Fsp3) is 0.105. The van der Waals surface area contributed by atoms with Crippen LogP contribution >= 0.6 is 10.5 Å². The third-order valence-corrected chi connectivity index (χ3v) is 6.51. The second-order valence-corrected chi connectivity index (χ2v) is 7.45. The first-order chi connectivity index (χ1) is 11.2. The monoisotopic (exact) mass is 321 g/mol. The molecule has 0 saturated carbocycles. The van der Waals surface area contributed by atoms with Crippen LogP contribution in [-0.4, -0.2) is 21.0 Å².